The first-order valence-electron chi connectivity index (χ1n) is 7.60. The van der Waals surface area contributed by atoms with Crippen LogP contribution in [0.2, 0.25) is 0 Å². The van der Waals surface area contributed by atoms with E-state index < -0.39 is 10.0 Å². The van der Waals surface area contributed by atoms with Crippen molar-refractivity contribution in [2.75, 3.05) is 0 Å². The lowest BCUT2D eigenvalue weighted by Crippen LogP contribution is -2.25. The Hall–Kier alpha value is -1.74. The maximum atomic E-state index is 12.3. The largest absolute Gasteiger partial charge is 0.336 e. The highest BCUT2D eigenvalue weighted by molar-refractivity contribution is 7.89. The number of rotatable bonds is 7. The smallest absolute Gasteiger partial charge is 0.259 e. The predicted molar refractivity (Wildman–Crippen MR) is 86.2 cm³/mol. The number of aromatic nitrogens is 5. The van der Waals surface area contributed by atoms with E-state index in [1.807, 2.05) is 25.5 Å². The molecule has 23 heavy (non-hydrogen) atoms. The molecule has 2 rings (SSSR count). The van der Waals surface area contributed by atoms with Gasteiger partial charge in [-0.05, 0) is 5.92 Å². The molecule has 9 heteroatoms. The van der Waals surface area contributed by atoms with Crippen molar-refractivity contribution in [3.63, 3.8) is 0 Å². The summed E-state index contributed by atoms with van der Waals surface area (Å²) < 4.78 is 30.7. The molecule has 0 fully saturated rings. The zero-order chi connectivity index (χ0) is 17.2. The van der Waals surface area contributed by atoms with Crippen molar-refractivity contribution < 1.29 is 8.42 Å². The second-order valence-corrected chi connectivity index (χ2v) is 8.03. The summed E-state index contributed by atoms with van der Waals surface area (Å²) in [5, 5.41) is 8.14. The standard InChI is InChI=1S/C14H24N6O2S/c1-10(2)7-20-8-13(15-9-20)23(21,22)16-6-12-17-18-14(11(3)4)19(12)5/h8-11,16H,6-7H2,1-5H3. The SMILES string of the molecule is CC(C)Cn1cnc(S(=O)(=O)NCc2nnc(C(C)C)n2C)c1. The van der Waals surface area contributed by atoms with Gasteiger partial charge in [0.15, 0.2) is 5.03 Å². The Labute approximate surface area is 137 Å². The first-order valence-corrected chi connectivity index (χ1v) is 9.08. The monoisotopic (exact) mass is 340 g/mol. The topological polar surface area (TPSA) is 94.7 Å². The van der Waals surface area contributed by atoms with Crippen molar-refractivity contribution in [2.45, 2.75) is 51.7 Å². The van der Waals surface area contributed by atoms with E-state index in [4.69, 9.17) is 0 Å². The molecule has 2 aromatic rings. The molecule has 8 nitrogen and oxygen atoms in total. The maximum absolute atomic E-state index is 12.3. The molecule has 2 aromatic heterocycles. The Morgan fingerprint density at radius 2 is 1.91 bits per heavy atom. The van der Waals surface area contributed by atoms with Crippen molar-refractivity contribution in [1.82, 2.24) is 29.0 Å². The molecule has 0 aliphatic rings. The van der Waals surface area contributed by atoms with E-state index in [0.29, 0.717) is 11.7 Å². The first-order chi connectivity index (χ1) is 10.7. The van der Waals surface area contributed by atoms with Gasteiger partial charge in [-0.1, -0.05) is 27.7 Å². The van der Waals surface area contributed by atoms with Crippen molar-refractivity contribution in [1.29, 1.82) is 0 Å². The molecule has 0 spiro atoms. The van der Waals surface area contributed by atoms with E-state index in [1.54, 1.807) is 10.8 Å². The molecule has 0 atom stereocenters. The number of sulfonamides is 1. The van der Waals surface area contributed by atoms with Crippen molar-refractivity contribution >= 4 is 10.0 Å². The highest BCUT2D eigenvalue weighted by Crippen LogP contribution is 2.12. The van der Waals surface area contributed by atoms with Crippen LogP contribution in [0.25, 0.3) is 0 Å². The van der Waals surface area contributed by atoms with E-state index in [9.17, 15) is 8.42 Å². The van der Waals surface area contributed by atoms with Crippen molar-refractivity contribution in [3.05, 3.63) is 24.2 Å². The second-order valence-electron chi connectivity index (χ2n) is 6.32. The van der Waals surface area contributed by atoms with Gasteiger partial charge in [0.1, 0.15) is 11.6 Å². The lowest BCUT2D eigenvalue weighted by atomic mass is 10.2. The summed E-state index contributed by atoms with van der Waals surface area (Å²) in [6.07, 6.45) is 3.08. The fraction of sp³-hybridized carbons (Fsp3) is 0.643. The molecule has 0 radical (unpaired) electrons. The van der Waals surface area contributed by atoms with E-state index in [2.05, 4.69) is 33.8 Å². The summed E-state index contributed by atoms with van der Waals surface area (Å²) in [6.45, 7) is 8.96. The Morgan fingerprint density at radius 1 is 1.22 bits per heavy atom. The van der Waals surface area contributed by atoms with Crippen LogP contribution in [0.5, 0.6) is 0 Å². The van der Waals surface area contributed by atoms with E-state index >= 15 is 0 Å². The van der Waals surface area contributed by atoms with Crippen LogP contribution >= 0.6 is 0 Å². The number of hydrogen-bond donors (Lipinski definition) is 1. The number of nitrogens with zero attached hydrogens (tertiary/aromatic N) is 5. The minimum absolute atomic E-state index is 0.0180. The molecule has 2 heterocycles. The molecule has 1 N–H and O–H groups in total. The molecule has 0 unspecified atom stereocenters. The predicted octanol–water partition coefficient (Wildman–Crippen LogP) is 1.27. The second kappa shape index (κ2) is 6.79. The van der Waals surface area contributed by atoms with Crippen LogP contribution < -0.4 is 4.72 Å². The summed E-state index contributed by atoms with van der Waals surface area (Å²) in [5.41, 5.74) is 0. The van der Waals surface area contributed by atoms with Crippen LogP contribution in [-0.2, 0) is 30.2 Å². The van der Waals surface area contributed by atoms with Crippen LogP contribution in [0.4, 0.5) is 0 Å². The van der Waals surface area contributed by atoms with Crippen LogP contribution in [0, 0.1) is 5.92 Å². The fourth-order valence-corrected chi connectivity index (χ4v) is 3.19. The third-order valence-electron chi connectivity index (χ3n) is 3.40. The summed E-state index contributed by atoms with van der Waals surface area (Å²) in [6, 6.07) is 0. The van der Waals surface area contributed by atoms with Gasteiger partial charge in [-0.3, -0.25) is 0 Å². The van der Waals surface area contributed by atoms with Crippen LogP contribution in [0.15, 0.2) is 17.6 Å². The molecule has 0 amide bonds. The zero-order valence-corrected chi connectivity index (χ0v) is 15.0. The van der Waals surface area contributed by atoms with Gasteiger partial charge in [0.05, 0.1) is 12.9 Å². The Morgan fingerprint density at radius 3 is 2.48 bits per heavy atom. The Balaban J connectivity index is 2.08. The van der Waals surface area contributed by atoms with Gasteiger partial charge in [-0.15, -0.1) is 10.2 Å². The average molecular weight is 340 g/mol. The molecule has 0 saturated carbocycles. The molecular formula is C14H24N6O2S. The molecule has 0 aliphatic carbocycles. The van der Waals surface area contributed by atoms with Crippen molar-refractivity contribution in [3.8, 4) is 0 Å². The minimum atomic E-state index is -3.66. The van der Waals surface area contributed by atoms with Crippen LogP contribution in [0.1, 0.15) is 45.3 Å². The summed E-state index contributed by atoms with van der Waals surface area (Å²) in [5.74, 6) is 2.03. The number of hydrogen-bond acceptors (Lipinski definition) is 5. The number of imidazole rings is 1. The van der Waals surface area contributed by atoms with E-state index in [-0.39, 0.29) is 17.5 Å². The molecule has 128 valence electrons. The first kappa shape index (κ1) is 17.6. The molecular weight excluding hydrogens is 316 g/mol. The molecule has 0 aromatic carbocycles. The maximum Gasteiger partial charge on any atom is 0.259 e. The normalized spacial score (nSPS) is 12.5. The minimum Gasteiger partial charge on any atom is -0.336 e. The van der Waals surface area contributed by atoms with E-state index in [0.717, 1.165) is 12.4 Å². The van der Waals surface area contributed by atoms with Gasteiger partial charge >= 0.3 is 0 Å². The highest BCUT2D eigenvalue weighted by atomic mass is 32.2. The van der Waals surface area contributed by atoms with Gasteiger partial charge in [0, 0.05) is 25.7 Å². The molecule has 0 bridgehead atoms. The summed E-state index contributed by atoms with van der Waals surface area (Å²) in [7, 11) is -1.83. The number of nitrogens with one attached hydrogen (secondary N) is 1. The van der Waals surface area contributed by atoms with Gasteiger partial charge in [-0.2, -0.15) is 0 Å². The average Bonchev–Trinajstić information content (AvgIpc) is 3.03. The fourth-order valence-electron chi connectivity index (χ4n) is 2.27. The quantitative estimate of drug-likeness (QED) is 0.819. The van der Waals surface area contributed by atoms with Gasteiger partial charge < -0.3 is 9.13 Å². The molecule has 0 saturated heterocycles. The van der Waals surface area contributed by atoms with Crippen LogP contribution in [-0.4, -0.2) is 32.7 Å². The zero-order valence-electron chi connectivity index (χ0n) is 14.2. The van der Waals surface area contributed by atoms with Crippen LogP contribution in [0.3, 0.4) is 0 Å². The third kappa shape index (κ3) is 4.17. The van der Waals surface area contributed by atoms with E-state index in [1.165, 1.54) is 6.33 Å². The summed E-state index contributed by atoms with van der Waals surface area (Å²) in [4.78, 5) is 3.98. The van der Waals surface area contributed by atoms with Gasteiger partial charge in [-0.25, -0.2) is 18.1 Å². The highest BCUT2D eigenvalue weighted by Gasteiger charge is 2.19. The van der Waals surface area contributed by atoms with Gasteiger partial charge in [0.2, 0.25) is 0 Å². The van der Waals surface area contributed by atoms with Crippen molar-refractivity contribution in [2.24, 2.45) is 13.0 Å². The lowest BCUT2D eigenvalue weighted by Gasteiger charge is -2.07. The Kier molecular flexibility index (Phi) is 5.20. The Bertz CT molecular complexity index is 760. The third-order valence-corrected chi connectivity index (χ3v) is 4.68. The molecule has 0 aliphatic heterocycles. The summed E-state index contributed by atoms with van der Waals surface area (Å²) >= 11 is 0. The lowest BCUT2D eigenvalue weighted by molar-refractivity contribution is 0.521. The van der Waals surface area contributed by atoms with Gasteiger partial charge in [0.25, 0.3) is 10.0 Å².